The molecule has 3 aromatic rings. The molecular weight excluding hydrogens is 408 g/mol. The zero-order valence-corrected chi connectivity index (χ0v) is 15.7. The molecule has 0 fully saturated rings. The van der Waals surface area contributed by atoms with Gasteiger partial charge in [-0.15, -0.1) is 5.11 Å². The van der Waals surface area contributed by atoms with Crippen molar-refractivity contribution < 1.29 is 0 Å². The first-order chi connectivity index (χ1) is 13.1. The lowest BCUT2D eigenvalue weighted by Gasteiger charge is -2.10. The molecule has 0 saturated carbocycles. The van der Waals surface area contributed by atoms with Gasteiger partial charge in [-0.3, -0.25) is 0 Å². The molecule has 0 aliphatic rings. The molecule has 2 heterocycles. The fraction of sp³-hybridized carbons (Fsp3) is 0.0556. The van der Waals surface area contributed by atoms with Crippen molar-refractivity contribution in [3.8, 4) is 11.4 Å². The first-order valence-electron chi connectivity index (χ1n) is 7.85. The summed E-state index contributed by atoms with van der Waals surface area (Å²) in [7, 11) is 0. The van der Waals surface area contributed by atoms with E-state index in [0.29, 0.717) is 29.5 Å². The molecule has 8 nitrogen and oxygen atoms in total. The molecule has 0 saturated heterocycles. The summed E-state index contributed by atoms with van der Waals surface area (Å²) in [5.74, 6) is 1.16. The van der Waals surface area contributed by atoms with Gasteiger partial charge in [0.25, 0.3) is 0 Å². The standard InChI is InChI=1S/C18H15BrN8/c1-11(6-20)15-10-25-18(27-21)17(26-15)22-7-12-3-2-4-13(5-12)16-23-8-14(19)9-24-16/h2-6,8-10,20-21H,1,7H2,(H,22,26). The quantitative estimate of drug-likeness (QED) is 0.378. The number of rotatable bonds is 7. The van der Waals surface area contributed by atoms with Gasteiger partial charge in [0.2, 0.25) is 5.82 Å². The lowest BCUT2D eigenvalue weighted by Crippen LogP contribution is -2.04. The number of benzene rings is 1. The highest BCUT2D eigenvalue weighted by atomic mass is 79.9. The molecule has 0 radical (unpaired) electrons. The van der Waals surface area contributed by atoms with Crippen molar-refractivity contribution in [2.45, 2.75) is 6.54 Å². The maximum atomic E-state index is 7.28. The summed E-state index contributed by atoms with van der Waals surface area (Å²) in [6.07, 6.45) is 5.95. The molecule has 3 N–H and O–H groups in total. The van der Waals surface area contributed by atoms with E-state index in [1.807, 2.05) is 24.3 Å². The third kappa shape index (κ3) is 4.45. The molecule has 0 unspecified atom stereocenters. The summed E-state index contributed by atoms with van der Waals surface area (Å²) < 4.78 is 0.820. The smallest absolute Gasteiger partial charge is 0.216 e. The molecule has 2 aromatic heterocycles. The van der Waals surface area contributed by atoms with Crippen molar-refractivity contribution in [3.05, 3.63) is 65.2 Å². The van der Waals surface area contributed by atoms with Crippen LogP contribution in [0.15, 0.2) is 59.0 Å². The van der Waals surface area contributed by atoms with Gasteiger partial charge in [0.05, 0.1) is 16.4 Å². The SMILES string of the molecule is C=C(C=N)c1cnc(N=N)c(NCc2cccc(-c3ncc(Br)cn3)c2)n1. The minimum absolute atomic E-state index is 0.170. The topological polar surface area (TPSA) is 124 Å². The van der Waals surface area contributed by atoms with Gasteiger partial charge in [0, 0.05) is 36.3 Å². The number of halogens is 1. The van der Waals surface area contributed by atoms with Crippen molar-refractivity contribution in [1.29, 1.82) is 10.9 Å². The van der Waals surface area contributed by atoms with E-state index < -0.39 is 0 Å². The number of nitrogens with zero attached hydrogens (tertiary/aromatic N) is 5. The first-order valence-corrected chi connectivity index (χ1v) is 8.65. The van der Waals surface area contributed by atoms with Crippen LogP contribution in [-0.2, 0) is 6.54 Å². The Balaban J connectivity index is 1.81. The summed E-state index contributed by atoms with van der Waals surface area (Å²) in [4.78, 5) is 17.0. The third-order valence-corrected chi connectivity index (χ3v) is 4.04. The molecule has 3 rings (SSSR count). The van der Waals surface area contributed by atoms with E-state index in [9.17, 15) is 0 Å². The molecular formula is C18H15BrN8. The Hall–Kier alpha value is -3.33. The Labute approximate surface area is 164 Å². The predicted molar refractivity (Wildman–Crippen MR) is 107 cm³/mol. The number of nitrogens with one attached hydrogen (secondary N) is 3. The first kappa shape index (κ1) is 18.5. The Morgan fingerprint density at radius 2 is 2.00 bits per heavy atom. The number of aromatic nitrogens is 4. The Kier molecular flexibility index (Phi) is 5.72. The molecule has 0 atom stereocenters. The minimum Gasteiger partial charge on any atom is -0.363 e. The Morgan fingerprint density at radius 3 is 2.70 bits per heavy atom. The van der Waals surface area contributed by atoms with Crippen molar-refractivity contribution in [1.82, 2.24) is 19.9 Å². The largest absolute Gasteiger partial charge is 0.363 e. The zero-order chi connectivity index (χ0) is 19.2. The van der Waals surface area contributed by atoms with E-state index in [1.165, 1.54) is 6.20 Å². The van der Waals surface area contributed by atoms with Crippen molar-refractivity contribution in [3.63, 3.8) is 0 Å². The van der Waals surface area contributed by atoms with Gasteiger partial charge in [0.1, 0.15) is 0 Å². The van der Waals surface area contributed by atoms with Gasteiger partial charge < -0.3 is 10.7 Å². The van der Waals surface area contributed by atoms with Crippen LogP contribution >= 0.6 is 15.9 Å². The number of hydrogen-bond acceptors (Lipinski definition) is 8. The normalized spacial score (nSPS) is 10.3. The molecule has 0 bridgehead atoms. The van der Waals surface area contributed by atoms with Crippen LogP contribution in [0.25, 0.3) is 17.0 Å². The van der Waals surface area contributed by atoms with E-state index in [2.05, 4.69) is 52.9 Å². The number of allylic oxidation sites excluding steroid dienone is 1. The Bertz CT molecular complexity index is 1000. The molecule has 0 spiro atoms. The highest BCUT2D eigenvalue weighted by Crippen LogP contribution is 2.23. The average Bonchev–Trinajstić information content (AvgIpc) is 2.72. The van der Waals surface area contributed by atoms with Crippen LogP contribution in [0.5, 0.6) is 0 Å². The van der Waals surface area contributed by atoms with Crippen LogP contribution in [0, 0.1) is 10.9 Å². The van der Waals surface area contributed by atoms with Crippen LogP contribution in [0.4, 0.5) is 11.6 Å². The monoisotopic (exact) mass is 422 g/mol. The van der Waals surface area contributed by atoms with Crippen LogP contribution in [0.1, 0.15) is 11.3 Å². The average molecular weight is 423 g/mol. The van der Waals surface area contributed by atoms with Gasteiger partial charge in [-0.05, 0) is 27.6 Å². The maximum Gasteiger partial charge on any atom is 0.216 e. The fourth-order valence-electron chi connectivity index (χ4n) is 2.28. The number of hydrogen-bond donors (Lipinski definition) is 3. The van der Waals surface area contributed by atoms with Gasteiger partial charge in [-0.1, -0.05) is 24.8 Å². The van der Waals surface area contributed by atoms with Crippen LogP contribution in [-0.4, -0.2) is 26.2 Å². The van der Waals surface area contributed by atoms with Crippen LogP contribution < -0.4 is 5.32 Å². The van der Waals surface area contributed by atoms with Gasteiger partial charge in [0.15, 0.2) is 11.6 Å². The van der Waals surface area contributed by atoms with Crippen molar-refractivity contribution in [2.24, 2.45) is 5.11 Å². The lowest BCUT2D eigenvalue weighted by atomic mass is 10.1. The van der Waals surface area contributed by atoms with E-state index in [-0.39, 0.29) is 5.82 Å². The maximum absolute atomic E-state index is 7.28. The summed E-state index contributed by atoms with van der Waals surface area (Å²) in [5.41, 5.74) is 10.0. The summed E-state index contributed by atoms with van der Waals surface area (Å²) in [6.45, 7) is 4.19. The molecule has 9 heteroatoms. The van der Waals surface area contributed by atoms with E-state index in [1.54, 1.807) is 12.4 Å². The second-order valence-corrected chi connectivity index (χ2v) is 6.40. The predicted octanol–water partition coefficient (Wildman–Crippen LogP) is 4.63. The minimum atomic E-state index is 0.170. The van der Waals surface area contributed by atoms with Gasteiger partial charge >= 0.3 is 0 Å². The zero-order valence-electron chi connectivity index (χ0n) is 14.1. The molecule has 0 amide bonds. The van der Waals surface area contributed by atoms with Crippen molar-refractivity contribution in [2.75, 3.05) is 5.32 Å². The summed E-state index contributed by atoms with van der Waals surface area (Å²) in [6, 6.07) is 7.79. The van der Waals surface area contributed by atoms with Crippen LogP contribution in [0.2, 0.25) is 0 Å². The second kappa shape index (κ2) is 8.37. The second-order valence-electron chi connectivity index (χ2n) is 5.49. The van der Waals surface area contributed by atoms with Crippen LogP contribution in [0.3, 0.4) is 0 Å². The molecule has 0 aliphatic heterocycles. The molecule has 27 heavy (non-hydrogen) atoms. The van der Waals surface area contributed by atoms with Crippen molar-refractivity contribution >= 4 is 39.4 Å². The summed E-state index contributed by atoms with van der Waals surface area (Å²) >= 11 is 3.33. The van der Waals surface area contributed by atoms with E-state index >= 15 is 0 Å². The third-order valence-electron chi connectivity index (χ3n) is 3.63. The lowest BCUT2D eigenvalue weighted by molar-refractivity contribution is 1.03. The molecule has 134 valence electrons. The number of anilines is 1. The highest BCUT2D eigenvalue weighted by molar-refractivity contribution is 9.10. The van der Waals surface area contributed by atoms with Gasteiger partial charge in [-0.25, -0.2) is 25.5 Å². The Morgan fingerprint density at radius 1 is 1.22 bits per heavy atom. The van der Waals surface area contributed by atoms with E-state index in [4.69, 9.17) is 10.9 Å². The van der Waals surface area contributed by atoms with E-state index in [0.717, 1.165) is 21.8 Å². The highest BCUT2D eigenvalue weighted by Gasteiger charge is 2.09. The van der Waals surface area contributed by atoms with Gasteiger partial charge in [-0.2, -0.15) is 0 Å². The fourth-order valence-corrected chi connectivity index (χ4v) is 2.48. The molecule has 1 aromatic carbocycles. The molecule has 0 aliphatic carbocycles. The summed E-state index contributed by atoms with van der Waals surface area (Å²) in [5, 5.41) is 13.8.